The van der Waals surface area contributed by atoms with Crippen molar-refractivity contribution < 1.29 is 23.9 Å². The first-order valence-electron chi connectivity index (χ1n) is 7.84. The van der Waals surface area contributed by atoms with Gasteiger partial charge < -0.3 is 19.7 Å². The highest BCUT2D eigenvalue weighted by Crippen LogP contribution is 2.14. The smallest absolute Gasteiger partial charge is 0.308 e. The molecule has 24 heavy (non-hydrogen) atoms. The van der Waals surface area contributed by atoms with Crippen LogP contribution in [-0.2, 0) is 19.1 Å². The molecule has 2 rings (SSSR count). The summed E-state index contributed by atoms with van der Waals surface area (Å²) in [4.78, 5) is 37.2. The summed E-state index contributed by atoms with van der Waals surface area (Å²) in [6, 6.07) is 6.72. The Kier molecular flexibility index (Phi) is 6.17. The average Bonchev–Trinajstić information content (AvgIpc) is 2.58. The van der Waals surface area contributed by atoms with E-state index in [4.69, 9.17) is 4.74 Å². The van der Waals surface area contributed by atoms with E-state index in [0.717, 1.165) is 5.56 Å². The molecule has 1 aliphatic heterocycles. The second-order valence-corrected chi connectivity index (χ2v) is 5.59. The van der Waals surface area contributed by atoms with Crippen LogP contribution in [0.15, 0.2) is 24.3 Å². The van der Waals surface area contributed by atoms with Crippen LogP contribution >= 0.6 is 0 Å². The maximum Gasteiger partial charge on any atom is 0.308 e. The van der Waals surface area contributed by atoms with Gasteiger partial charge in [-0.15, -0.1) is 0 Å². The van der Waals surface area contributed by atoms with Gasteiger partial charge in [-0.3, -0.25) is 14.4 Å². The highest BCUT2D eigenvalue weighted by Gasteiger charge is 2.34. The van der Waals surface area contributed by atoms with E-state index in [1.165, 1.54) is 12.0 Å². The molecule has 0 bridgehead atoms. The molecule has 0 saturated carbocycles. The number of piperazine rings is 1. The fraction of sp³-hybridized carbons (Fsp3) is 0.471. The lowest BCUT2D eigenvalue weighted by atomic mass is 10.1. The van der Waals surface area contributed by atoms with Gasteiger partial charge in [0.05, 0.1) is 26.6 Å². The van der Waals surface area contributed by atoms with Crippen LogP contribution in [0, 0.1) is 6.92 Å². The van der Waals surface area contributed by atoms with E-state index in [-0.39, 0.29) is 31.3 Å². The number of amides is 2. The standard InChI is InChI=1S/C17H22N2O5/c1-12-3-5-13(6-4-12)24-10-7-15(20)19-9-8-18-17(22)14(19)11-16(21)23-2/h3-6,14H,7-11H2,1-2H3,(H,18,22)/t14-/m1/s1. The minimum absolute atomic E-state index is 0.138. The molecule has 0 radical (unpaired) electrons. The Labute approximate surface area is 140 Å². The van der Waals surface area contributed by atoms with Gasteiger partial charge in [0, 0.05) is 13.1 Å². The number of nitrogens with one attached hydrogen (secondary N) is 1. The van der Waals surface area contributed by atoms with Gasteiger partial charge in [-0.25, -0.2) is 0 Å². The van der Waals surface area contributed by atoms with Crippen molar-refractivity contribution in [3.63, 3.8) is 0 Å². The van der Waals surface area contributed by atoms with Crippen molar-refractivity contribution in [3.05, 3.63) is 29.8 Å². The van der Waals surface area contributed by atoms with Gasteiger partial charge in [0.15, 0.2) is 0 Å². The highest BCUT2D eigenvalue weighted by atomic mass is 16.5. The summed E-state index contributed by atoms with van der Waals surface area (Å²) in [7, 11) is 1.25. The second-order valence-electron chi connectivity index (χ2n) is 5.59. The van der Waals surface area contributed by atoms with E-state index in [1.54, 1.807) is 0 Å². The van der Waals surface area contributed by atoms with E-state index < -0.39 is 12.0 Å². The predicted octanol–water partition coefficient (Wildman–Crippen LogP) is 0.654. The predicted molar refractivity (Wildman–Crippen MR) is 86.4 cm³/mol. The molecule has 1 fully saturated rings. The summed E-state index contributed by atoms with van der Waals surface area (Å²) < 4.78 is 10.1. The Balaban J connectivity index is 1.89. The van der Waals surface area contributed by atoms with Crippen LogP contribution in [-0.4, -0.2) is 55.5 Å². The quantitative estimate of drug-likeness (QED) is 0.772. The second kappa shape index (κ2) is 8.33. The van der Waals surface area contributed by atoms with Gasteiger partial charge >= 0.3 is 5.97 Å². The molecule has 0 unspecified atom stereocenters. The zero-order chi connectivity index (χ0) is 17.5. The minimum atomic E-state index is -0.821. The fourth-order valence-corrected chi connectivity index (χ4v) is 2.49. The lowest BCUT2D eigenvalue weighted by molar-refractivity contribution is -0.150. The van der Waals surface area contributed by atoms with Crippen molar-refractivity contribution in [2.45, 2.75) is 25.8 Å². The fourth-order valence-electron chi connectivity index (χ4n) is 2.49. The van der Waals surface area contributed by atoms with Crippen LogP contribution in [0.1, 0.15) is 18.4 Å². The zero-order valence-electron chi connectivity index (χ0n) is 13.9. The maximum atomic E-state index is 12.4. The van der Waals surface area contributed by atoms with Gasteiger partial charge in [0.25, 0.3) is 0 Å². The van der Waals surface area contributed by atoms with Crippen molar-refractivity contribution in [3.8, 4) is 5.75 Å². The molecule has 0 spiro atoms. The van der Waals surface area contributed by atoms with Crippen LogP contribution in [0.2, 0.25) is 0 Å². The molecule has 1 atom stereocenters. The monoisotopic (exact) mass is 334 g/mol. The summed E-state index contributed by atoms with van der Waals surface area (Å²) >= 11 is 0. The molecule has 0 aromatic heterocycles. The zero-order valence-corrected chi connectivity index (χ0v) is 13.9. The van der Waals surface area contributed by atoms with Crippen molar-refractivity contribution >= 4 is 17.8 Å². The first kappa shape index (κ1) is 17.8. The molecule has 1 aromatic rings. The van der Waals surface area contributed by atoms with Crippen molar-refractivity contribution in [1.29, 1.82) is 0 Å². The lowest BCUT2D eigenvalue weighted by Crippen LogP contribution is -2.58. The third-order valence-corrected chi connectivity index (χ3v) is 3.84. The summed E-state index contributed by atoms with van der Waals surface area (Å²) in [6.07, 6.45) is -0.00821. The maximum absolute atomic E-state index is 12.4. The minimum Gasteiger partial charge on any atom is -0.493 e. The molecule has 1 N–H and O–H groups in total. The number of esters is 1. The third kappa shape index (κ3) is 4.71. The Morgan fingerprint density at radius 1 is 1.29 bits per heavy atom. The van der Waals surface area contributed by atoms with Gasteiger partial charge in [-0.2, -0.15) is 0 Å². The van der Waals surface area contributed by atoms with Crippen molar-refractivity contribution in [2.75, 3.05) is 26.8 Å². The molecule has 7 nitrogen and oxygen atoms in total. The Bertz CT molecular complexity index is 600. The van der Waals surface area contributed by atoms with Crippen molar-refractivity contribution in [1.82, 2.24) is 10.2 Å². The largest absolute Gasteiger partial charge is 0.493 e. The first-order valence-corrected chi connectivity index (χ1v) is 7.84. The lowest BCUT2D eigenvalue weighted by Gasteiger charge is -2.34. The van der Waals surface area contributed by atoms with Gasteiger partial charge in [-0.05, 0) is 19.1 Å². The van der Waals surface area contributed by atoms with Crippen molar-refractivity contribution in [2.24, 2.45) is 0 Å². The number of benzene rings is 1. The SMILES string of the molecule is COC(=O)C[C@@H]1C(=O)NCCN1C(=O)CCOc1ccc(C)cc1. The molecular formula is C17H22N2O5. The average molecular weight is 334 g/mol. The third-order valence-electron chi connectivity index (χ3n) is 3.84. The molecule has 1 aliphatic rings. The van der Waals surface area contributed by atoms with Crippen LogP contribution in [0.4, 0.5) is 0 Å². The number of methoxy groups -OCH3 is 1. The Morgan fingerprint density at radius 3 is 2.67 bits per heavy atom. The van der Waals surface area contributed by atoms with Gasteiger partial charge in [0.2, 0.25) is 11.8 Å². The molecule has 1 aromatic carbocycles. The van der Waals surface area contributed by atoms with Crippen LogP contribution in [0.3, 0.4) is 0 Å². The normalized spacial score (nSPS) is 17.2. The van der Waals surface area contributed by atoms with E-state index in [9.17, 15) is 14.4 Å². The number of carbonyl (C=O) groups excluding carboxylic acids is 3. The van der Waals surface area contributed by atoms with Crippen LogP contribution in [0.5, 0.6) is 5.75 Å². The number of hydrogen-bond donors (Lipinski definition) is 1. The first-order chi connectivity index (χ1) is 11.5. The van der Waals surface area contributed by atoms with Gasteiger partial charge in [-0.1, -0.05) is 17.7 Å². The summed E-state index contributed by atoms with van der Waals surface area (Å²) in [5, 5.41) is 2.66. The molecular weight excluding hydrogens is 312 g/mol. The Morgan fingerprint density at radius 2 is 2.00 bits per heavy atom. The van der Waals surface area contributed by atoms with E-state index >= 15 is 0 Å². The van der Waals surface area contributed by atoms with E-state index in [0.29, 0.717) is 18.8 Å². The summed E-state index contributed by atoms with van der Waals surface area (Å²) in [6.45, 7) is 2.94. The Hall–Kier alpha value is -2.57. The molecule has 130 valence electrons. The topological polar surface area (TPSA) is 84.9 Å². The number of carbonyl (C=O) groups is 3. The van der Waals surface area contributed by atoms with Crippen LogP contribution < -0.4 is 10.1 Å². The number of nitrogens with zero attached hydrogens (tertiary/aromatic N) is 1. The number of hydrogen-bond acceptors (Lipinski definition) is 5. The van der Waals surface area contributed by atoms with E-state index in [1.807, 2.05) is 31.2 Å². The molecule has 1 heterocycles. The molecule has 1 saturated heterocycles. The van der Waals surface area contributed by atoms with E-state index in [2.05, 4.69) is 10.1 Å². The number of rotatable bonds is 6. The molecule has 2 amide bonds. The van der Waals surface area contributed by atoms with Gasteiger partial charge in [0.1, 0.15) is 11.8 Å². The molecule has 0 aliphatic carbocycles. The number of ether oxygens (including phenoxy) is 2. The summed E-state index contributed by atoms with van der Waals surface area (Å²) in [5.41, 5.74) is 1.13. The number of aryl methyl sites for hydroxylation is 1. The van der Waals surface area contributed by atoms with Crippen LogP contribution in [0.25, 0.3) is 0 Å². The highest BCUT2D eigenvalue weighted by molar-refractivity contribution is 5.91. The summed E-state index contributed by atoms with van der Waals surface area (Å²) in [5.74, 6) is -0.382. The molecule has 7 heteroatoms.